The molecule has 1 amide bonds. The van der Waals surface area contributed by atoms with Gasteiger partial charge < -0.3 is 10.1 Å². The highest BCUT2D eigenvalue weighted by atomic mass is 79.9. The quantitative estimate of drug-likeness (QED) is 0.575. The molecule has 0 aliphatic rings. The van der Waals surface area contributed by atoms with Crippen LogP contribution in [0.5, 0.6) is 5.75 Å². The first kappa shape index (κ1) is 18.2. The van der Waals surface area contributed by atoms with Crippen LogP contribution in [0.15, 0.2) is 77.3 Å². The molecule has 0 saturated heterocycles. The second kappa shape index (κ2) is 8.19. The molecule has 0 aromatic heterocycles. The molecule has 132 valence electrons. The van der Waals surface area contributed by atoms with Crippen LogP contribution in [0.2, 0.25) is 0 Å². The number of aryl methyl sites for hydroxylation is 1. The van der Waals surface area contributed by atoms with Crippen molar-refractivity contribution >= 4 is 27.5 Å². The van der Waals surface area contributed by atoms with E-state index >= 15 is 0 Å². The summed E-state index contributed by atoms with van der Waals surface area (Å²) >= 11 is 3.47. The minimum absolute atomic E-state index is 0.193. The molecule has 26 heavy (non-hydrogen) atoms. The Morgan fingerprint density at radius 2 is 1.62 bits per heavy atom. The van der Waals surface area contributed by atoms with Crippen molar-refractivity contribution < 1.29 is 9.53 Å². The molecule has 1 atom stereocenters. The highest BCUT2D eigenvalue weighted by Gasteiger charge is 2.16. The van der Waals surface area contributed by atoms with E-state index in [4.69, 9.17) is 4.74 Å². The van der Waals surface area contributed by atoms with E-state index in [0.717, 1.165) is 26.9 Å². The Hall–Kier alpha value is -2.59. The second-order valence-corrected chi connectivity index (χ2v) is 6.98. The number of nitrogens with one attached hydrogen (secondary N) is 1. The first-order chi connectivity index (χ1) is 12.5. The van der Waals surface area contributed by atoms with E-state index in [1.165, 1.54) is 0 Å². The van der Waals surface area contributed by atoms with Crippen LogP contribution in [-0.2, 0) is 4.79 Å². The zero-order valence-electron chi connectivity index (χ0n) is 14.7. The van der Waals surface area contributed by atoms with Gasteiger partial charge >= 0.3 is 0 Å². The topological polar surface area (TPSA) is 38.3 Å². The SMILES string of the molecule is Cc1ccc(NC(=O)[C@H](C)Oc2ccc(-c3ccccc3)cc2)c(Br)c1. The lowest BCUT2D eigenvalue weighted by atomic mass is 10.1. The molecule has 0 saturated carbocycles. The summed E-state index contributed by atoms with van der Waals surface area (Å²) in [5.74, 6) is 0.469. The molecule has 3 rings (SSSR count). The van der Waals surface area contributed by atoms with Gasteiger partial charge in [0.25, 0.3) is 5.91 Å². The number of carbonyl (C=O) groups excluding carboxylic acids is 1. The molecular formula is C22H20BrNO2. The number of halogens is 1. The third-order valence-electron chi connectivity index (χ3n) is 4.03. The molecule has 3 aromatic carbocycles. The van der Waals surface area contributed by atoms with Gasteiger partial charge in [-0.1, -0.05) is 48.5 Å². The minimum Gasteiger partial charge on any atom is -0.481 e. The molecule has 0 heterocycles. The first-order valence-corrected chi connectivity index (χ1v) is 9.21. The Labute approximate surface area is 162 Å². The maximum atomic E-state index is 12.4. The van der Waals surface area contributed by atoms with Gasteiger partial charge in [-0.25, -0.2) is 0 Å². The van der Waals surface area contributed by atoms with Gasteiger partial charge in [-0.05, 0) is 70.7 Å². The molecule has 0 fully saturated rings. The van der Waals surface area contributed by atoms with E-state index < -0.39 is 6.10 Å². The number of rotatable bonds is 5. The van der Waals surface area contributed by atoms with E-state index in [1.54, 1.807) is 6.92 Å². The molecule has 0 spiro atoms. The largest absolute Gasteiger partial charge is 0.481 e. The third kappa shape index (κ3) is 4.52. The third-order valence-corrected chi connectivity index (χ3v) is 4.68. The Kier molecular flexibility index (Phi) is 5.74. The summed E-state index contributed by atoms with van der Waals surface area (Å²) in [4.78, 5) is 12.4. The van der Waals surface area contributed by atoms with Gasteiger partial charge in [0.1, 0.15) is 5.75 Å². The summed E-state index contributed by atoms with van der Waals surface area (Å²) in [5, 5.41) is 2.88. The van der Waals surface area contributed by atoms with Gasteiger partial charge in [0.2, 0.25) is 0 Å². The summed E-state index contributed by atoms with van der Waals surface area (Å²) in [6.07, 6.45) is -0.606. The van der Waals surface area contributed by atoms with Crippen LogP contribution in [0.4, 0.5) is 5.69 Å². The van der Waals surface area contributed by atoms with E-state index in [0.29, 0.717) is 5.75 Å². The van der Waals surface area contributed by atoms with Crippen LogP contribution in [0.3, 0.4) is 0 Å². The van der Waals surface area contributed by atoms with Crippen LogP contribution >= 0.6 is 15.9 Å². The molecular weight excluding hydrogens is 390 g/mol. The number of hydrogen-bond donors (Lipinski definition) is 1. The fourth-order valence-electron chi connectivity index (χ4n) is 2.57. The van der Waals surface area contributed by atoms with Gasteiger partial charge in [-0.2, -0.15) is 0 Å². The van der Waals surface area contributed by atoms with Crippen molar-refractivity contribution in [3.05, 3.63) is 82.8 Å². The summed E-state index contributed by atoms with van der Waals surface area (Å²) in [6.45, 7) is 3.74. The second-order valence-electron chi connectivity index (χ2n) is 6.12. The average Bonchev–Trinajstić information content (AvgIpc) is 2.65. The van der Waals surface area contributed by atoms with Crippen molar-refractivity contribution in [3.8, 4) is 16.9 Å². The number of carbonyl (C=O) groups is 1. The molecule has 3 aromatic rings. The van der Waals surface area contributed by atoms with Gasteiger partial charge in [-0.3, -0.25) is 4.79 Å². The lowest BCUT2D eigenvalue weighted by Crippen LogP contribution is -2.30. The Morgan fingerprint density at radius 3 is 2.27 bits per heavy atom. The van der Waals surface area contributed by atoms with E-state index in [9.17, 15) is 4.79 Å². The molecule has 0 aliphatic heterocycles. The van der Waals surface area contributed by atoms with E-state index in [2.05, 4.69) is 33.4 Å². The van der Waals surface area contributed by atoms with Crippen molar-refractivity contribution in [3.63, 3.8) is 0 Å². The zero-order chi connectivity index (χ0) is 18.5. The molecule has 0 bridgehead atoms. The van der Waals surface area contributed by atoms with Crippen molar-refractivity contribution in [1.82, 2.24) is 0 Å². The maximum Gasteiger partial charge on any atom is 0.265 e. The fraction of sp³-hybridized carbons (Fsp3) is 0.136. The molecule has 0 aliphatic carbocycles. The van der Waals surface area contributed by atoms with Crippen LogP contribution in [0, 0.1) is 6.92 Å². The summed E-state index contributed by atoms with van der Waals surface area (Å²) in [5.41, 5.74) is 4.11. The van der Waals surface area contributed by atoms with Crippen molar-refractivity contribution in [2.24, 2.45) is 0 Å². The highest BCUT2D eigenvalue weighted by Crippen LogP contribution is 2.25. The molecule has 0 unspecified atom stereocenters. The lowest BCUT2D eigenvalue weighted by Gasteiger charge is -2.16. The molecule has 4 heteroatoms. The Bertz CT molecular complexity index is 892. The van der Waals surface area contributed by atoms with E-state index in [-0.39, 0.29) is 5.91 Å². The van der Waals surface area contributed by atoms with Crippen LogP contribution in [-0.4, -0.2) is 12.0 Å². The molecule has 0 radical (unpaired) electrons. The average molecular weight is 410 g/mol. The zero-order valence-corrected chi connectivity index (χ0v) is 16.3. The van der Waals surface area contributed by atoms with Crippen LogP contribution < -0.4 is 10.1 Å². The first-order valence-electron chi connectivity index (χ1n) is 8.42. The minimum atomic E-state index is -0.606. The Morgan fingerprint density at radius 1 is 0.962 bits per heavy atom. The van der Waals surface area contributed by atoms with E-state index in [1.807, 2.05) is 67.6 Å². The fourth-order valence-corrected chi connectivity index (χ4v) is 3.16. The number of benzene rings is 3. The number of anilines is 1. The standard InChI is InChI=1S/C22H20BrNO2/c1-15-8-13-21(20(23)14-15)24-22(25)16(2)26-19-11-9-18(10-12-19)17-6-4-3-5-7-17/h3-14,16H,1-2H3,(H,24,25)/t16-/m0/s1. The Balaban J connectivity index is 1.63. The van der Waals surface area contributed by atoms with Crippen molar-refractivity contribution in [2.75, 3.05) is 5.32 Å². The lowest BCUT2D eigenvalue weighted by molar-refractivity contribution is -0.122. The van der Waals surface area contributed by atoms with Crippen LogP contribution in [0.25, 0.3) is 11.1 Å². The summed E-state index contributed by atoms with van der Waals surface area (Å²) < 4.78 is 6.63. The van der Waals surface area contributed by atoms with Gasteiger partial charge in [-0.15, -0.1) is 0 Å². The van der Waals surface area contributed by atoms with Gasteiger partial charge in [0.15, 0.2) is 6.10 Å². The smallest absolute Gasteiger partial charge is 0.265 e. The van der Waals surface area contributed by atoms with Crippen molar-refractivity contribution in [1.29, 1.82) is 0 Å². The predicted molar refractivity (Wildman–Crippen MR) is 109 cm³/mol. The van der Waals surface area contributed by atoms with Crippen molar-refractivity contribution in [2.45, 2.75) is 20.0 Å². The maximum absolute atomic E-state index is 12.4. The highest BCUT2D eigenvalue weighted by molar-refractivity contribution is 9.10. The van der Waals surface area contributed by atoms with Crippen LogP contribution in [0.1, 0.15) is 12.5 Å². The van der Waals surface area contributed by atoms with Gasteiger partial charge in [0.05, 0.1) is 5.69 Å². The summed E-state index contributed by atoms with van der Waals surface area (Å²) in [7, 11) is 0. The summed E-state index contributed by atoms with van der Waals surface area (Å²) in [6, 6.07) is 23.7. The number of ether oxygens (including phenoxy) is 1. The number of hydrogen-bond acceptors (Lipinski definition) is 2. The van der Waals surface area contributed by atoms with Gasteiger partial charge in [0, 0.05) is 4.47 Å². The molecule has 3 nitrogen and oxygen atoms in total. The monoisotopic (exact) mass is 409 g/mol. The molecule has 1 N–H and O–H groups in total. The normalized spacial score (nSPS) is 11.7. The number of amides is 1. The predicted octanol–water partition coefficient (Wildman–Crippen LogP) is 5.83.